The highest BCUT2D eigenvalue weighted by molar-refractivity contribution is 9.10. The molecule has 1 aromatic rings. The number of carbonyl (C=O) groups excluding carboxylic acids is 1. The van der Waals surface area contributed by atoms with E-state index in [0.29, 0.717) is 36.5 Å². The summed E-state index contributed by atoms with van der Waals surface area (Å²) in [6.45, 7) is 2.69. The molecule has 1 aliphatic rings. The van der Waals surface area contributed by atoms with Crippen LogP contribution >= 0.6 is 15.9 Å². The van der Waals surface area contributed by atoms with Gasteiger partial charge in [-0.25, -0.2) is 9.99 Å². The van der Waals surface area contributed by atoms with E-state index in [0.717, 1.165) is 0 Å². The van der Waals surface area contributed by atoms with E-state index in [1.54, 1.807) is 18.3 Å². The second kappa shape index (κ2) is 5.38. The van der Waals surface area contributed by atoms with E-state index in [1.165, 1.54) is 0 Å². The molecule has 1 aromatic heterocycles. The van der Waals surface area contributed by atoms with Crippen molar-refractivity contribution >= 4 is 21.8 Å². The molecule has 0 atom stereocenters. The second-order valence-electron chi connectivity index (χ2n) is 3.37. The molecular formula is C10H12BrN3O2. The summed E-state index contributed by atoms with van der Waals surface area (Å²) >= 11 is 3.30. The van der Waals surface area contributed by atoms with Crippen molar-refractivity contribution in [3.63, 3.8) is 0 Å². The average molecular weight is 286 g/mol. The predicted octanol–water partition coefficient (Wildman–Crippen LogP) is 0.821. The first-order valence-electron chi connectivity index (χ1n) is 5.01. The summed E-state index contributed by atoms with van der Waals surface area (Å²) < 4.78 is 5.89. The Morgan fingerprint density at radius 2 is 2.25 bits per heavy atom. The number of halogens is 1. The number of nitrogens with one attached hydrogen (secondary N) is 1. The van der Waals surface area contributed by atoms with E-state index in [2.05, 4.69) is 26.3 Å². The summed E-state index contributed by atoms with van der Waals surface area (Å²) in [5, 5.41) is 1.84. The Kier molecular flexibility index (Phi) is 3.87. The van der Waals surface area contributed by atoms with Crippen LogP contribution in [0, 0.1) is 0 Å². The maximum atomic E-state index is 11.8. The molecule has 0 saturated carbocycles. The number of pyridine rings is 1. The zero-order valence-electron chi connectivity index (χ0n) is 8.65. The molecule has 86 valence electrons. The first-order chi connectivity index (χ1) is 7.77. The van der Waals surface area contributed by atoms with Crippen LogP contribution in [0.2, 0.25) is 0 Å². The van der Waals surface area contributed by atoms with Crippen molar-refractivity contribution in [3.8, 4) is 0 Å². The number of carbonyl (C=O) groups is 1. The third kappa shape index (κ3) is 2.78. The predicted molar refractivity (Wildman–Crippen MR) is 61.8 cm³/mol. The van der Waals surface area contributed by atoms with Crippen molar-refractivity contribution in [1.29, 1.82) is 0 Å². The third-order valence-corrected chi connectivity index (χ3v) is 2.88. The highest BCUT2D eigenvalue weighted by atomic mass is 79.9. The Labute approximate surface area is 102 Å². The lowest BCUT2D eigenvalue weighted by Crippen LogP contribution is -2.48. The summed E-state index contributed by atoms with van der Waals surface area (Å²) in [6.07, 6.45) is 1.60. The monoisotopic (exact) mass is 285 g/mol. The summed E-state index contributed by atoms with van der Waals surface area (Å²) in [5.41, 5.74) is 3.20. The minimum Gasteiger partial charge on any atom is -0.379 e. The number of morpholine rings is 1. The maximum Gasteiger partial charge on any atom is 0.285 e. The van der Waals surface area contributed by atoms with Gasteiger partial charge in [-0.1, -0.05) is 0 Å². The molecule has 2 rings (SSSR count). The highest BCUT2D eigenvalue weighted by Gasteiger charge is 2.16. The molecule has 0 aliphatic carbocycles. The number of rotatable bonds is 2. The molecule has 1 N–H and O–H groups in total. The lowest BCUT2D eigenvalue weighted by molar-refractivity contribution is 0.0124. The first-order valence-corrected chi connectivity index (χ1v) is 5.81. The fraction of sp³-hybridized carbons (Fsp3) is 0.400. The van der Waals surface area contributed by atoms with Crippen LogP contribution < -0.4 is 5.43 Å². The molecule has 0 unspecified atom stereocenters. The molecule has 1 aliphatic heterocycles. The summed E-state index contributed by atoms with van der Waals surface area (Å²) in [4.78, 5) is 15.9. The van der Waals surface area contributed by atoms with Gasteiger partial charge in [-0.05, 0) is 28.1 Å². The van der Waals surface area contributed by atoms with E-state index in [1.807, 2.05) is 5.01 Å². The Morgan fingerprint density at radius 1 is 1.50 bits per heavy atom. The number of aromatic nitrogens is 1. The van der Waals surface area contributed by atoms with Crippen molar-refractivity contribution in [2.45, 2.75) is 0 Å². The van der Waals surface area contributed by atoms with Crippen molar-refractivity contribution < 1.29 is 9.53 Å². The SMILES string of the molecule is O=C(NN1CCOCC1)c1ncccc1Br. The van der Waals surface area contributed by atoms with E-state index in [9.17, 15) is 4.79 Å². The lowest BCUT2D eigenvalue weighted by atomic mass is 10.3. The van der Waals surface area contributed by atoms with Gasteiger partial charge in [0.1, 0.15) is 5.69 Å². The van der Waals surface area contributed by atoms with Crippen molar-refractivity contribution in [3.05, 3.63) is 28.5 Å². The zero-order chi connectivity index (χ0) is 11.4. The molecule has 0 radical (unpaired) electrons. The van der Waals surface area contributed by atoms with Gasteiger partial charge in [-0.2, -0.15) is 0 Å². The molecule has 0 aromatic carbocycles. The van der Waals surface area contributed by atoms with E-state index in [-0.39, 0.29) is 5.91 Å². The molecule has 6 heteroatoms. The summed E-state index contributed by atoms with van der Waals surface area (Å²) in [7, 11) is 0. The van der Waals surface area contributed by atoms with Gasteiger partial charge in [0.2, 0.25) is 0 Å². The van der Waals surface area contributed by atoms with Gasteiger partial charge in [-0.3, -0.25) is 10.2 Å². The third-order valence-electron chi connectivity index (χ3n) is 2.24. The Morgan fingerprint density at radius 3 is 2.94 bits per heavy atom. The number of nitrogens with zero attached hydrogens (tertiary/aromatic N) is 2. The van der Waals surface area contributed by atoms with Gasteiger partial charge >= 0.3 is 0 Å². The minimum atomic E-state index is -0.200. The van der Waals surface area contributed by atoms with Gasteiger partial charge in [-0.15, -0.1) is 0 Å². The van der Waals surface area contributed by atoms with Crippen LogP contribution in [0.15, 0.2) is 22.8 Å². The number of hydrogen-bond acceptors (Lipinski definition) is 4. The van der Waals surface area contributed by atoms with Crippen LogP contribution in [-0.4, -0.2) is 42.2 Å². The second-order valence-corrected chi connectivity index (χ2v) is 4.23. The topological polar surface area (TPSA) is 54.5 Å². The molecule has 1 saturated heterocycles. The van der Waals surface area contributed by atoms with E-state index >= 15 is 0 Å². The van der Waals surface area contributed by atoms with Gasteiger partial charge in [0.25, 0.3) is 5.91 Å². The van der Waals surface area contributed by atoms with Gasteiger partial charge in [0.05, 0.1) is 13.2 Å². The van der Waals surface area contributed by atoms with Crippen LogP contribution in [0.4, 0.5) is 0 Å². The normalized spacial score (nSPS) is 17.1. The van der Waals surface area contributed by atoms with E-state index < -0.39 is 0 Å². The zero-order valence-corrected chi connectivity index (χ0v) is 10.2. The van der Waals surface area contributed by atoms with Crippen LogP contribution in [0.3, 0.4) is 0 Å². The van der Waals surface area contributed by atoms with Gasteiger partial charge in [0, 0.05) is 23.8 Å². The maximum absolute atomic E-state index is 11.8. The number of hydrogen-bond donors (Lipinski definition) is 1. The molecule has 1 amide bonds. The lowest BCUT2D eigenvalue weighted by Gasteiger charge is -2.26. The summed E-state index contributed by atoms with van der Waals surface area (Å²) in [5.74, 6) is -0.200. The van der Waals surface area contributed by atoms with Crippen LogP contribution in [0.5, 0.6) is 0 Å². The molecule has 0 bridgehead atoms. The number of hydrazine groups is 1. The van der Waals surface area contributed by atoms with Crippen molar-refractivity contribution in [1.82, 2.24) is 15.4 Å². The van der Waals surface area contributed by atoms with Crippen molar-refractivity contribution in [2.24, 2.45) is 0 Å². The standard InChI is InChI=1S/C10H12BrN3O2/c11-8-2-1-3-12-9(8)10(15)13-14-4-6-16-7-5-14/h1-3H,4-7H2,(H,13,15). The molecule has 2 heterocycles. The van der Waals surface area contributed by atoms with Gasteiger partial charge in [0.15, 0.2) is 0 Å². The number of amides is 1. The first kappa shape index (κ1) is 11.5. The average Bonchev–Trinajstić information content (AvgIpc) is 2.31. The Hall–Kier alpha value is -0.980. The largest absolute Gasteiger partial charge is 0.379 e. The van der Waals surface area contributed by atoms with Gasteiger partial charge < -0.3 is 4.74 Å². The number of ether oxygens (including phenoxy) is 1. The molecule has 1 fully saturated rings. The Balaban J connectivity index is 2.00. The van der Waals surface area contributed by atoms with Crippen LogP contribution in [0.25, 0.3) is 0 Å². The smallest absolute Gasteiger partial charge is 0.285 e. The van der Waals surface area contributed by atoms with Crippen LogP contribution in [0.1, 0.15) is 10.5 Å². The quantitative estimate of drug-likeness (QED) is 0.874. The minimum absolute atomic E-state index is 0.200. The Bertz CT molecular complexity index is 380. The highest BCUT2D eigenvalue weighted by Crippen LogP contribution is 2.12. The molecule has 0 spiro atoms. The fourth-order valence-electron chi connectivity index (χ4n) is 1.42. The van der Waals surface area contributed by atoms with Crippen LogP contribution in [-0.2, 0) is 4.74 Å². The molecule has 5 nitrogen and oxygen atoms in total. The summed E-state index contributed by atoms with van der Waals surface area (Å²) in [6, 6.07) is 3.57. The van der Waals surface area contributed by atoms with E-state index in [4.69, 9.17) is 4.74 Å². The fourth-order valence-corrected chi connectivity index (χ4v) is 1.86. The molecule has 16 heavy (non-hydrogen) atoms. The molecular weight excluding hydrogens is 274 g/mol. The van der Waals surface area contributed by atoms with Crippen molar-refractivity contribution in [2.75, 3.05) is 26.3 Å².